The summed E-state index contributed by atoms with van der Waals surface area (Å²) in [7, 11) is 2.21. The Morgan fingerprint density at radius 3 is 2.65 bits per heavy atom. The van der Waals surface area contributed by atoms with E-state index in [-0.39, 0.29) is 0 Å². The van der Waals surface area contributed by atoms with Gasteiger partial charge < -0.3 is 14.7 Å². The third kappa shape index (κ3) is 4.24. The zero-order valence-corrected chi connectivity index (χ0v) is 14.0. The highest BCUT2D eigenvalue weighted by atomic mass is 16.5. The number of aliphatic hydroxyl groups is 1. The molecule has 0 bridgehead atoms. The molecular formula is C20H28NO2+. The highest BCUT2D eigenvalue weighted by Crippen LogP contribution is 2.25. The van der Waals surface area contributed by atoms with Gasteiger partial charge in [-0.2, -0.15) is 0 Å². The second-order valence-electron chi connectivity index (χ2n) is 6.83. The van der Waals surface area contributed by atoms with Crippen LogP contribution in [0.2, 0.25) is 0 Å². The molecule has 2 atom stereocenters. The van der Waals surface area contributed by atoms with Gasteiger partial charge in [-0.15, -0.1) is 0 Å². The van der Waals surface area contributed by atoms with Gasteiger partial charge in [-0.3, -0.25) is 0 Å². The lowest BCUT2D eigenvalue weighted by Crippen LogP contribution is -3.14. The van der Waals surface area contributed by atoms with E-state index in [9.17, 15) is 5.11 Å². The molecular weight excluding hydrogens is 286 g/mol. The van der Waals surface area contributed by atoms with Gasteiger partial charge in [-0.25, -0.2) is 0 Å². The average Bonchev–Trinajstić information content (AvgIpc) is 2.60. The Hall–Kier alpha value is -1.58. The van der Waals surface area contributed by atoms with Crippen molar-refractivity contribution < 1.29 is 14.7 Å². The van der Waals surface area contributed by atoms with Crippen molar-refractivity contribution in [1.29, 1.82) is 0 Å². The molecule has 2 aromatic carbocycles. The first-order chi connectivity index (χ1) is 11.2. The van der Waals surface area contributed by atoms with Crippen molar-refractivity contribution >= 4 is 10.8 Å². The van der Waals surface area contributed by atoms with Crippen LogP contribution in [0.1, 0.15) is 32.1 Å². The third-order valence-electron chi connectivity index (χ3n) is 5.04. The second kappa shape index (κ2) is 7.80. The summed E-state index contributed by atoms with van der Waals surface area (Å²) in [5.74, 6) is 0.859. The lowest BCUT2D eigenvalue weighted by Gasteiger charge is -2.29. The highest BCUT2D eigenvalue weighted by Gasteiger charge is 2.23. The molecule has 0 aliphatic heterocycles. The maximum Gasteiger partial charge on any atom is 0.137 e. The summed E-state index contributed by atoms with van der Waals surface area (Å²) >= 11 is 0. The third-order valence-corrected chi connectivity index (χ3v) is 5.04. The van der Waals surface area contributed by atoms with Gasteiger partial charge in [0, 0.05) is 5.39 Å². The largest absolute Gasteiger partial charge is 0.490 e. The maximum atomic E-state index is 10.3. The molecule has 0 spiro atoms. The summed E-state index contributed by atoms with van der Waals surface area (Å²) in [5.41, 5.74) is 0. The van der Waals surface area contributed by atoms with E-state index in [0.29, 0.717) is 12.6 Å². The molecule has 1 unspecified atom stereocenters. The molecule has 1 saturated carbocycles. The fourth-order valence-corrected chi connectivity index (χ4v) is 3.70. The van der Waals surface area contributed by atoms with Gasteiger partial charge in [0.25, 0.3) is 0 Å². The zero-order chi connectivity index (χ0) is 16.1. The van der Waals surface area contributed by atoms with Crippen molar-refractivity contribution in [3.05, 3.63) is 42.5 Å². The molecule has 3 nitrogen and oxygen atoms in total. The van der Waals surface area contributed by atoms with Crippen LogP contribution in [0, 0.1) is 0 Å². The van der Waals surface area contributed by atoms with Gasteiger partial charge in [0.05, 0.1) is 13.1 Å². The minimum Gasteiger partial charge on any atom is -0.490 e. The number of ether oxygens (including phenoxy) is 1. The number of aliphatic hydroxyl groups excluding tert-OH is 1. The van der Waals surface area contributed by atoms with E-state index in [1.807, 2.05) is 24.3 Å². The molecule has 23 heavy (non-hydrogen) atoms. The number of fused-ring (bicyclic) bond motifs is 1. The van der Waals surface area contributed by atoms with Crippen LogP contribution in [0.3, 0.4) is 0 Å². The fourth-order valence-electron chi connectivity index (χ4n) is 3.70. The van der Waals surface area contributed by atoms with Gasteiger partial charge in [-0.05, 0) is 37.1 Å². The Morgan fingerprint density at radius 2 is 1.83 bits per heavy atom. The van der Waals surface area contributed by atoms with E-state index in [4.69, 9.17) is 4.74 Å². The van der Waals surface area contributed by atoms with Crippen molar-refractivity contribution in [1.82, 2.24) is 0 Å². The summed E-state index contributed by atoms with van der Waals surface area (Å²) in [6, 6.07) is 15.0. The first-order valence-corrected chi connectivity index (χ1v) is 8.85. The number of likely N-dealkylation sites (N-methyl/N-ethyl adjacent to an activating group) is 1. The van der Waals surface area contributed by atoms with Gasteiger partial charge in [0.2, 0.25) is 0 Å². The van der Waals surface area contributed by atoms with Crippen LogP contribution in [-0.4, -0.2) is 37.5 Å². The first-order valence-electron chi connectivity index (χ1n) is 8.85. The molecule has 1 aliphatic carbocycles. The molecule has 2 N–H and O–H groups in total. The molecule has 3 rings (SSSR count). The Labute approximate surface area is 138 Å². The molecule has 124 valence electrons. The molecule has 0 heterocycles. The van der Waals surface area contributed by atoms with Crippen LogP contribution in [0.15, 0.2) is 42.5 Å². The molecule has 1 fully saturated rings. The van der Waals surface area contributed by atoms with E-state index in [0.717, 1.165) is 17.7 Å². The molecule has 0 saturated heterocycles. The number of benzene rings is 2. The van der Waals surface area contributed by atoms with Crippen molar-refractivity contribution in [2.75, 3.05) is 20.2 Å². The number of rotatable bonds is 6. The van der Waals surface area contributed by atoms with Crippen molar-refractivity contribution in [2.45, 2.75) is 44.2 Å². The Bertz CT molecular complexity index is 617. The van der Waals surface area contributed by atoms with Crippen LogP contribution in [0.25, 0.3) is 10.8 Å². The number of nitrogens with one attached hydrogen (secondary N) is 1. The van der Waals surface area contributed by atoms with E-state index < -0.39 is 6.10 Å². The van der Waals surface area contributed by atoms with E-state index in [2.05, 4.69) is 25.2 Å². The van der Waals surface area contributed by atoms with Crippen LogP contribution in [-0.2, 0) is 0 Å². The van der Waals surface area contributed by atoms with E-state index >= 15 is 0 Å². The predicted octanol–water partition coefficient (Wildman–Crippen LogP) is 2.43. The van der Waals surface area contributed by atoms with E-state index in [1.165, 1.54) is 42.4 Å². The molecule has 2 aromatic rings. The van der Waals surface area contributed by atoms with Gasteiger partial charge >= 0.3 is 0 Å². The van der Waals surface area contributed by atoms with Crippen molar-refractivity contribution in [2.24, 2.45) is 0 Å². The van der Waals surface area contributed by atoms with Crippen LogP contribution in [0.4, 0.5) is 0 Å². The van der Waals surface area contributed by atoms with Crippen LogP contribution >= 0.6 is 0 Å². The standard InChI is InChI=1S/C20H27NO2/c1-21(17-10-3-2-4-11-17)14-18(22)15-23-20-13-7-9-16-8-5-6-12-19(16)20/h5-9,12-13,17-18,22H,2-4,10-11,14-15H2,1H3/p+1/t18-/m1/s1. The molecule has 0 radical (unpaired) electrons. The normalized spacial score (nSPS) is 18.7. The lowest BCUT2D eigenvalue weighted by molar-refractivity contribution is -0.910. The minimum absolute atomic E-state index is 0.359. The van der Waals surface area contributed by atoms with Gasteiger partial charge in [0.15, 0.2) is 0 Å². The van der Waals surface area contributed by atoms with Crippen LogP contribution < -0.4 is 9.64 Å². The summed E-state index contributed by atoms with van der Waals surface area (Å²) < 4.78 is 5.91. The monoisotopic (exact) mass is 314 g/mol. The van der Waals surface area contributed by atoms with Crippen molar-refractivity contribution in [3.63, 3.8) is 0 Å². The average molecular weight is 314 g/mol. The quantitative estimate of drug-likeness (QED) is 0.859. The van der Waals surface area contributed by atoms with Crippen molar-refractivity contribution in [3.8, 4) is 5.75 Å². The van der Waals surface area contributed by atoms with Gasteiger partial charge in [0.1, 0.15) is 25.0 Å². The first kappa shape index (κ1) is 16.3. The maximum absolute atomic E-state index is 10.3. The Morgan fingerprint density at radius 1 is 1.09 bits per heavy atom. The fraction of sp³-hybridized carbons (Fsp3) is 0.500. The number of hydrogen-bond acceptors (Lipinski definition) is 2. The predicted molar refractivity (Wildman–Crippen MR) is 94.1 cm³/mol. The number of quaternary nitrogens is 1. The Balaban J connectivity index is 1.54. The minimum atomic E-state index is -0.420. The molecule has 0 aromatic heterocycles. The summed E-state index contributed by atoms with van der Waals surface area (Å²) in [4.78, 5) is 1.44. The molecule has 0 amide bonds. The Kier molecular flexibility index (Phi) is 5.52. The summed E-state index contributed by atoms with van der Waals surface area (Å²) in [6.45, 7) is 1.12. The smallest absolute Gasteiger partial charge is 0.137 e. The molecule has 1 aliphatic rings. The van der Waals surface area contributed by atoms with Gasteiger partial charge in [-0.1, -0.05) is 42.8 Å². The second-order valence-corrected chi connectivity index (χ2v) is 6.83. The zero-order valence-electron chi connectivity index (χ0n) is 14.0. The topological polar surface area (TPSA) is 33.9 Å². The van der Waals surface area contributed by atoms with Crippen LogP contribution in [0.5, 0.6) is 5.75 Å². The number of hydrogen-bond donors (Lipinski definition) is 2. The summed E-state index contributed by atoms with van der Waals surface area (Å²) in [6.07, 6.45) is 6.22. The highest BCUT2D eigenvalue weighted by molar-refractivity contribution is 5.88. The van der Waals surface area contributed by atoms with E-state index in [1.54, 1.807) is 0 Å². The lowest BCUT2D eigenvalue weighted by atomic mass is 9.94. The molecule has 3 heteroatoms. The SMILES string of the molecule is C[NH+](C[C@@H](O)COc1cccc2ccccc12)C1CCCCC1. The summed E-state index contributed by atoms with van der Waals surface area (Å²) in [5, 5.41) is 12.6.